The van der Waals surface area contributed by atoms with Crippen LogP contribution < -0.4 is 10.8 Å². The Labute approximate surface area is 136 Å². The number of benzene rings is 1. The van der Waals surface area contributed by atoms with Crippen LogP contribution >= 0.6 is 11.3 Å². The molecule has 3 rings (SSSR count). The topological polar surface area (TPSA) is 83.4 Å². The second-order valence-corrected chi connectivity index (χ2v) is 6.19. The number of hydrogen-bond acceptors (Lipinski definition) is 4. The molecule has 3 aromatic rings. The van der Waals surface area contributed by atoms with Gasteiger partial charge in [-0.3, -0.25) is 14.8 Å². The lowest BCUT2D eigenvalue weighted by atomic mass is 10.2. The summed E-state index contributed by atoms with van der Waals surface area (Å²) in [5.74, 6) is -0.733. The van der Waals surface area contributed by atoms with E-state index in [0.717, 1.165) is 15.8 Å². The van der Waals surface area contributed by atoms with E-state index in [2.05, 4.69) is 5.32 Å². The molecule has 0 aliphatic heterocycles. The Balaban J connectivity index is 1.71. The maximum Gasteiger partial charge on any atom is 0.276 e. The number of thiophene rings is 1. The van der Waals surface area contributed by atoms with Crippen LogP contribution in [0.2, 0.25) is 0 Å². The van der Waals surface area contributed by atoms with Gasteiger partial charge < -0.3 is 9.88 Å². The lowest BCUT2D eigenvalue weighted by Gasteiger charge is -2.04. The summed E-state index contributed by atoms with van der Waals surface area (Å²) in [6.45, 7) is 0.294. The molecule has 23 heavy (non-hydrogen) atoms. The Hall–Kier alpha value is -2.64. The highest BCUT2D eigenvalue weighted by atomic mass is 32.1. The highest BCUT2D eigenvalue weighted by molar-refractivity contribution is 7.20. The third-order valence-electron chi connectivity index (χ3n) is 3.55. The summed E-state index contributed by atoms with van der Waals surface area (Å²) in [6, 6.07) is 11.3. The number of hydrogen-bond donors (Lipinski definition) is 3. The van der Waals surface area contributed by atoms with Crippen LogP contribution in [0.3, 0.4) is 0 Å². The van der Waals surface area contributed by atoms with E-state index in [4.69, 9.17) is 5.21 Å². The Morgan fingerprint density at radius 1 is 1.22 bits per heavy atom. The molecule has 6 nitrogen and oxygen atoms in total. The highest BCUT2D eigenvalue weighted by Crippen LogP contribution is 2.25. The van der Waals surface area contributed by atoms with Crippen molar-refractivity contribution >= 4 is 33.2 Å². The van der Waals surface area contributed by atoms with Crippen LogP contribution in [0.15, 0.2) is 42.6 Å². The SMILES string of the molecule is Cn1cc(C(=O)NO)cc1CNC(=O)c1cc2ccccc2s1. The Bertz CT molecular complexity index is 849. The van der Waals surface area contributed by atoms with Crippen LogP contribution in [0.5, 0.6) is 0 Å². The van der Waals surface area contributed by atoms with Crippen LogP contribution in [0, 0.1) is 0 Å². The molecule has 0 unspecified atom stereocenters. The molecule has 0 bridgehead atoms. The van der Waals surface area contributed by atoms with Gasteiger partial charge in [0.2, 0.25) is 0 Å². The van der Waals surface area contributed by atoms with Gasteiger partial charge in [-0.2, -0.15) is 0 Å². The van der Waals surface area contributed by atoms with Crippen molar-refractivity contribution in [3.05, 3.63) is 58.7 Å². The Morgan fingerprint density at radius 3 is 2.74 bits per heavy atom. The van der Waals surface area contributed by atoms with Gasteiger partial charge in [0.15, 0.2) is 0 Å². The summed E-state index contributed by atoms with van der Waals surface area (Å²) in [7, 11) is 1.77. The average molecular weight is 329 g/mol. The standard InChI is InChI=1S/C16H15N3O3S/c1-19-9-11(15(20)18-22)6-12(19)8-17-16(21)14-7-10-4-2-3-5-13(10)23-14/h2-7,9,22H,8H2,1H3,(H,17,21)(H,18,20). The van der Waals surface area contributed by atoms with Crippen molar-refractivity contribution < 1.29 is 14.8 Å². The fourth-order valence-corrected chi connectivity index (χ4v) is 3.31. The summed E-state index contributed by atoms with van der Waals surface area (Å²) < 4.78 is 2.80. The van der Waals surface area contributed by atoms with E-state index < -0.39 is 5.91 Å². The van der Waals surface area contributed by atoms with Gasteiger partial charge in [0, 0.05) is 23.6 Å². The van der Waals surface area contributed by atoms with E-state index in [1.807, 2.05) is 30.3 Å². The smallest absolute Gasteiger partial charge is 0.276 e. The zero-order valence-electron chi connectivity index (χ0n) is 12.4. The van der Waals surface area contributed by atoms with E-state index in [1.165, 1.54) is 11.3 Å². The number of carbonyl (C=O) groups excluding carboxylic acids is 2. The fourth-order valence-electron chi connectivity index (χ4n) is 2.33. The first kappa shape index (κ1) is 15.3. The molecule has 3 N–H and O–H groups in total. The van der Waals surface area contributed by atoms with E-state index in [1.54, 1.807) is 29.4 Å². The largest absolute Gasteiger partial charge is 0.352 e. The number of carbonyl (C=O) groups is 2. The number of fused-ring (bicyclic) bond motifs is 1. The number of hydroxylamine groups is 1. The molecule has 1 aromatic carbocycles. The maximum atomic E-state index is 12.3. The molecule has 2 aromatic heterocycles. The fraction of sp³-hybridized carbons (Fsp3) is 0.125. The molecule has 2 amide bonds. The lowest BCUT2D eigenvalue weighted by Crippen LogP contribution is -2.22. The van der Waals surface area contributed by atoms with E-state index in [0.29, 0.717) is 17.0 Å². The molecule has 0 atom stereocenters. The predicted octanol–water partition coefficient (Wildman–Crippen LogP) is 2.29. The molecule has 0 saturated carbocycles. The molecule has 0 spiro atoms. The van der Waals surface area contributed by atoms with Gasteiger partial charge in [0.25, 0.3) is 11.8 Å². The first-order chi connectivity index (χ1) is 11.1. The maximum absolute atomic E-state index is 12.3. The van der Waals surface area contributed by atoms with Crippen molar-refractivity contribution in [3.63, 3.8) is 0 Å². The number of nitrogens with one attached hydrogen (secondary N) is 2. The monoisotopic (exact) mass is 329 g/mol. The minimum absolute atomic E-state index is 0.152. The van der Waals surface area contributed by atoms with Gasteiger partial charge in [-0.25, -0.2) is 5.48 Å². The second-order valence-electron chi connectivity index (χ2n) is 5.10. The summed E-state index contributed by atoms with van der Waals surface area (Å²) in [5, 5.41) is 12.5. The van der Waals surface area contributed by atoms with Crippen molar-refractivity contribution in [1.29, 1.82) is 0 Å². The summed E-state index contributed by atoms with van der Waals surface area (Å²) in [5.41, 5.74) is 2.69. The molecular weight excluding hydrogens is 314 g/mol. The summed E-state index contributed by atoms with van der Waals surface area (Å²) in [4.78, 5) is 24.3. The summed E-state index contributed by atoms with van der Waals surface area (Å²) in [6.07, 6.45) is 1.59. The molecule has 7 heteroatoms. The molecule has 0 aliphatic rings. The molecule has 118 valence electrons. The third kappa shape index (κ3) is 3.10. The molecule has 0 aliphatic carbocycles. The van der Waals surface area contributed by atoms with Crippen molar-refractivity contribution in [3.8, 4) is 0 Å². The molecular formula is C16H15N3O3S. The minimum Gasteiger partial charge on any atom is -0.352 e. The summed E-state index contributed by atoms with van der Waals surface area (Å²) >= 11 is 1.44. The minimum atomic E-state index is -0.581. The van der Waals surface area contributed by atoms with Crippen molar-refractivity contribution in [1.82, 2.24) is 15.4 Å². The quantitative estimate of drug-likeness (QED) is 0.507. The first-order valence-electron chi connectivity index (χ1n) is 6.95. The van der Waals surface area contributed by atoms with Gasteiger partial charge in [-0.1, -0.05) is 18.2 Å². The van der Waals surface area contributed by atoms with E-state index >= 15 is 0 Å². The van der Waals surface area contributed by atoms with Crippen LogP contribution in [0.1, 0.15) is 25.7 Å². The van der Waals surface area contributed by atoms with Crippen LogP contribution in [-0.2, 0) is 13.6 Å². The lowest BCUT2D eigenvalue weighted by molar-refractivity contribution is 0.0706. The van der Waals surface area contributed by atoms with Crippen molar-refractivity contribution in [2.45, 2.75) is 6.54 Å². The predicted molar refractivity (Wildman–Crippen MR) is 87.7 cm³/mol. The van der Waals surface area contributed by atoms with Crippen molar-refractivity contribution in [2.24, 2.45) is 7.05 Å². The van der Waals surface area contributed by atoms with Gasteiger partial charge in [-0.15, -0.1) is 11.3 Å². The van der Waals surface area contributed by atoms with E-state index in [-0.39, 0.29) is 5.91 Å². The van der Waals surface area contributed by atoms with Crippen molar-refractivity contribution in [2.75, 3.05) is 0 Å². The second kappa shape index (κ2) is 6.23. The number of aryl methyl sites for hydroxylation is 1. The zero-order valence-corrected chi connectivity index (χ0v) is 13.2. The number of rotatable bonds is 4. The normalized spacial score (nSPS) is 10.7. The number of aromatic nitrogens is 1. The molecule has 0 radical (unpaired) electrons. The Morgan fingerprint density at radius 2 is 2.00 bits per heavy atom. The van der Waals surface area contributed by atoms with Crippen LogP contribution in [0.4, 0.5) is 0 Å². The van der Waals surface area contributed by atoms with Gasteiger partial charge in [0.05, 0.1) is 17.0 Å². The molecule has 0 fully saturated rings. The van der Waals surface area contributed by atoms with Crippen LogP contribution in [0.25, 0.3) is 10.1 Å². The average Bonchev–Trinajstić information content (AvgIpc) is 3.15. The van der Waals surface area contributed by atoms with Gasteiger partial charge >= 0.3 is 0 Å². The van der Waals surface area contributed by atoms with E-state index in [9.17, 15) is 9.59 Å². The molecule has 0 saturated heterocycles. The van der Waals surface area contributed by atoms with Gasteiger partial charge in [0.1, 0.15) is 0 Å². The Kier molecular flexibility index (Phi) is 4.14. The van der Waals surface area contributed by atoms with Gasteiger partial charge in [-0.05, 0) is 23.6 Å². The number of nitrogens with zero attached hydrogens (tertiary/aromatic N) is 1. The highest BCUT2D eigenvalue weighted by Gasteiger charge is 2.13. The first-order valence-corrected chi connectivity index (χ1v) is 7.76. The van der Waals surface area contributed by atoms with Crippen LogP contribution in [-0.4, -0.2) is 21.6 Å². The number of amides is 2. The molecule has 2 heterocycles. The third-order valence-corrected chi connectivity index (χ3v) is 4.67. The zero-order chi connectivity index (χ0) is 16.4.